The smallest absolute Gasteiger partial charge is 0.364 e. The summed E-state index contributed by atoms with van der Waals surface area (Å²) in [6, 6.07) is 13.2. The van der Waals surface area contributed by atoms with Crippen molar-refractivity contribution in [3.8, 4) is 17.1 Å². The van der Waals surface area contributed by atoms with E-state index in [1.165, 1.54) is 0 Å². The van der Waals surface area contributed by atoms with Crippen LogP contribution in [0, 0.1) is 6.92 Å². The minimum atomic E-state index is 0.574. The molecule has 3 rings (SSSR count). The lowest BCUT2D eigenvalue weighted by Crippen LogP contribution is -1.94. The summed E-state index contributed by atoms with van der Waals surface area (Å²) in [6.07, 6.45) is 0. The molecule has 0 spiro atoms. The molecule has 0 saturated heterocycles. The van der Waals surface area contributed by atoms with Gasteiger partial charge in [-0.05, 0) is 49.7 Å². The molecule has 0 fully saturated rings. The van der Waals surface area contributed by atoms with Gasteiger partial charge in [-0.3, -0.25) is 0 Å². The SMILES string of the molecule is CCOc1cc(-c2ccc(Cl)cc2)[o+]c2cc(C)c(Cl)cc12. The zero-order valence-corrected chi connectivity index (χ0v) is 13.8. The summed E-state index contributed by atoms with van der Waals surface area (Å²) in [5.41, 5.74) is 2.66. The number of benzene rings is 2. The predicted molar refractivity (Wildman–Crippen MR) is 92.0 cm³/mol. The Morgan fingerprint density at radius 2 is 1.77 bits per heavy atom. The number of rotatable bonds is 3. The highest BCUT2D eigenvalue weighted by Gasteiger charge is 2.21. The van der Waals surface area contributed by atoms with Crippen LogP contribution < -0.4 is 4.74 Å². The van der Waals surface area contributed by atoms with Crippen LogP contribution in [0.2, 0.25) is 10.0 Å². The van der Waals surface area contributed by atoms with Crippen LogP contribution in [0.25, 0.3) is 22.3 Å². The molecule has 0 aliphatic carbocycles. The molecule has 0 N–H and O–H groups in total. The lowest BCUT2D eigenvalue weighted by Gasteiger charge is -2.05. The summed E-state index contributed by atoms with van der Waals surface area (Å²) in [4.78, 5) is 0. The number of aryl methyl sites for hydroxylation is 1. The molecule has 0 unspecified atom stereocenters. The molecule has 0 atom stereocenters. The Morgan fingerprint density at radius 1 is 1.05 bits per heavy atom. The molecule has 0 radical (unpaired) electrons. The summed E-state index contributed by atoms with van der Waals surface area (Å²) < 4.78 is 11.8. The van der Waals surface area contributed by atoms with Crippen molar-refractivity contribution in [2.45, 2.75) is 13.8 Å². The summed E-state index contributed by atoms with van der Waals surface area (Å²) in [7, 11) is 0. The highest BCUT2D eigenvalue weighted by Crippen LogP contribution is 2.35. The van der Waals surface area contributed by atoms with Gasteiger partial charge in [-0.25, -0.2) is 4.42 Å². The summed E-state index contributed by atoms with van der Waals surface area (Å²) in [5.74, 6) is 1.49. The minimum Gasteiger partial charge on any atom is -0.493 e. The zero-order valence-electron chi connectivity index (χ0n) is 12.3. The lowest BCUT2D eigenvalue weighted by atomic mass is 10.1. The summed E-state index contributed by atoms with van der Waals surface area (Å²) in [6.45, 7) is 4.48. The van der Waals surface area contributed by atoms with E-state index in [0.717, 1.165) is 33.6 Å². The Balaban J connectivity index is 2.23. The largest absolute Gasteiger partial charge is 0.493 e. The number of hydrogen-bond acceptors (Lipinski definition) is 1. The Kier molecular flexibility index (Phi) is 4.23. The van der Waals surface area contributed by atoms with Gasteiger partial charge >= 0.3 is 11.3 Å². The number of fused-ring (bicyclic) bond motifs is 1. The van der Waals surface area contributed by atoms with E-state index in [9.17, 15) is 0 Å². The van der Waals surface area contributed by atoms with Crippen LogP contribution >= 0.6 is 23.2 Å². The Morgan fingerprint density at radius 3 is 2.45 bits per heavy atom. The van der Waals surface area contributed by atoms with E-state index in [2.05, 4.69) is 0 Å². The summed E-state index contributed by atoms with van der Waals surface area (Å²) in [5, 5.41) is 2.26. The number of halogens is 2. The van der Waals surface area contributed by atoms with Crippen molar-refractivity contribution in [2.24, 2.45) is 0 Å². The van der Waals surface area contributed by atoms with Crippen LogP contribution in [0.5, 0.6) is 5.75 Å². The zero-order chi connectivity index (χ0) is 15.7. The first-order chi connectivity index (χ1) is 10.6. The molecule has 2 nitrogen and oxygen atoms in total. The second-order valence-corrected chi connectivity index (χ2v) is 5.86. The topological polar surface area (TPSA) is 20.5 Å². The second kappa shape index (κ2) is 6.15. The minimum absolute atomic E-state index is 0.574. The van der Waals surface area contributed by atoms with Crippen molar-refractivity contribution in [1.29, 1.82) is 0 Å². The van der Waals surface area contributed by atoms with Gasteiger partial charge in [0.05, 0.1) is 18.2 Å². The lowest BCUT2D eigenvalue weighted by molar-refractivity contribution is 0.342. The molecular formula is C18H15Cl2O2+. The average molecular weight is 334 g/mol. The fourth-order valence-corrected chi connectivity index (χ4v) is 2.60. The van der Waals surface area contributed by atoms with E-state index in [1.807, 2.05) is 56.3 Å². The highest BCUT2D eigenvalue weighted by molar-refractivity contribution is 6.32. The fraction of sp³-hybridized carbons (Fsp3) is 0.167. The van der Waals surface area contributed by atoms with Gasteiger partial charge in [0.15, 0.2) is 0 Å². The molecule has 112 valence electrons. The predicted octanol–water partition coefficient (Wildman–Crippen LogP) is 6.39. The first-order valence-electron chi connectivity index (χ1n) is 7.04. The van der Waals surface area contributed by atoms with Crippen LogP contribution in [0.4, 0.5) is 0 Å². The Labute approximate surface area is 139 Å². The van der Waals surface area contributed by atoms with Crippen molar-refractivity contribution in [3.63, 3.8) is 0 Å². The van der Waals surface area contributed by atoms with Gasteiger partial charge in [-0.2, -0.15) is 0 Å². The Bertz CT molecular complexity index is 827. The van der Waals surface area contributed by atoms with Crippen molar-refractivity contribution >= 4 is 34.2 Å². The van der Waals surface area contributed by atoms with Crippen LogP contribution in [0.1, 0.15) is 12.5 Å². The van der Waals surface area contributed by atoms with Crippen LogP contribution in [-0.2, 0) is 0 Å². The van der Waals surface area contributed by atoms with Crippen LogP contribution in [-0.4, -0.2) is 6.61 Å². The van der Waals surface area contributed by atoms with E-state index in [-0.39, 0.29) is 0 Å². The van der Waals surface area contributed by atoms with Crippen molar-refractivity contribution in [2.75, 3.05) is 6.61 Å². The molecule has 4 heteroatoms. The van der Waals surface area contributed by atoms with Gasteiger partial charge < -0.3 is 4.74 Å². The third-order valence-electron chi connectivity index (χ3n) is 3.44. The van der Waals surface area contributed by atoms with Gasteiger partial charge in [0.2, 0.25) is 0 Å². The molecule has 0 amide bonds. The molecule has 0 saturated carbocycles. The first-order valence-corrected chi connectivity index (χ1v) is 7.80. The molecule has 3 aromatic rings. The average Bonchev–Trinajstić information content (AvgIpc) is 2.50. The van der Waals surface area contributed by atoms with Gasteiger partial charge in [0.1, 0.15) is 11.1 Å². The quantitative estimate of drug-likeness (QED) is 0.517. The van der Waals surface area contributed by atoms with Gasteiger partial charge in [-0.1, -0.05) is 23.2 Å². The van der Waals surface area contributed by atoms with Gasteiger partial charge in [0.25, 0.3) is 0 Å². The molecule has 0 aliphatic heterocycles. The first kappa shape index (κ1) is 15.1. The molecule has 0 bridgehead atoms. The van der Waals surface area contributed by atoms with Gasteiger partial charge in [-0.15, -0.1) is 0 Å². The third kappa shape index (κ3) is 2.90. The van der Waals surface area contributed by atoms with E-state index >= 15 is 0 Å². The van der Waals surface area contributed by atoms with E-state index in [1.54, 1.807) is 0 Å². The maximum atomic E-state index is 6.22. The molecule has 2 aromatic carbocycles. The maximum Gasteiger partial charge on any atom is 0.364 e. The maximum absolute atomic E-state index is 6.22. The summed E-state index contributed by atoms with van der Waals surface area (Å²) >= 11 is 12.2. The normalized spacial score (nSPS) is 10.9. The van der Waals surface area contributed by atoms with Crippen molar-refractivity contribution < 1.29 is 9.15 Å². The van der Waals surface area contributed by atoms with E-state index in [0.29, 0.717) is 16.7 Å². The van der Waals surface area contributed by atoms with E-state index < -0.39 is 0 Å². The van der Waals surface area contributed by atoms with Gasteiger partial charge in [0, 0.05) is 16.1 Å². The molecule has 22 heavy (non-hydrogen) atoms. The number of hydrogen-bond donors (Lipinski definition) is 0. The molecule has 1 heterocycles. The second-order valence-electron chi connectivity index (χ2n) is 5.01. The van der Waals surface area contributed by atoms with Crippen molar-refractivity contribution in [1.82, 2.24) is 0 Å². The third-order valence-corrected chi connectivity index (χ3v) is 4.10. The molecule has 0 aliphatic rings. The van der Waals surface area contributed by atoms with Crippen LogP contribution in [0.3, 0.4) is 0 Å². The van der Waals surface area contributed by atoms with Crippen molar-refractivity contribution in [3.05, 3.63) is 58.1 Å². The Hall–Kier alpha value is -1.77. The van der Waals surface area contributed by atoms with E-state index in [4.69, 9.17) is 32.4 Å². The number of ether oxygens (including phenoxy) is 1. The standard InChI is InChI=1S/C18H15Cl2O2/c1-3-21-17-10-16(12-4-6-13(19)7-5-12)22-18-8-11(2)15(20)9-14(17)18/h4-10H,3H2,1-2H3/q+1. The fourth-order valence-electron chi connectivity index (χ4n) is 2.31. The molecular weight excluding hydrogens is 319 g/mol. The van der Waals surface area contributed by atoms with Crippen LogP contribution in [0.15, 0.2) is 46.9 Å². The highest BCUT2D eigenvalue weighted by atomic mass is 35.5. The monoisotopic (exact) mass is 333 g/mol. The molecule has 1 aromatic heterocycles.